The maximum atomic E-state index is 12.7. The Labute approximate surface area is 216 Å². The Morgan fingerprint density at radius 3 is 2.62 bits per heavy atom. The van der Waals surface area contributed by atoms with Gasteiger partial charge in [0.25, 0.3) is 0 Å². The standard InChI is InChI=1S/C31H31N3O3/c1-36-28-4-2-3-20(14-28)15-30(35)34-27-11-9-22-10-12-29(18-26(22)17-27)37-19-21-5-6-24-16-25(31(32)33)8-7-23(24)13-21/h2-8,10,12-14,16,18,27H,9,11,15,17,19H2,1H3,(H3,32,33)(H,34,35). The maximum absolute atomic E-state index is 12.7. The molecule has 4 aromatic rings. The summed E-state index contributed by atoms with van der Waals surface area (Å²) in [6.45, 7) is 0.462. The lowest BCUT2D eigenvalue weighted by Crippen LogP contribution is -2.39. The number of nitrogens with one attached hydrogen (secondary N) is 2. The molecule has 1 amide bonds. The Morgan fingerprint density at radius 1 is 0.946 bits per heavy atom. The van der Waals surface area contributed by atoms with Crippen LogP contribution in [0.5, 0.6) is 11.5 Å². The fraction of sp³-hybridized carbons (Fsp3) is 0.226. The van der Waals surface area contributed by atoms with Crippen LogP contribution in [0.4, 0.5) is 0 Å². The minimum atomic E-state index is 0.0286. The highest BCUT2D eigenvalue weighted by atomic mass is 16.5. The van der Waals surface area contributed by atoms with Crippen LogP contribution < -0.4 is 20.5 Å². The molecule has 1 aliphatic rings. The molecule has 37 heavy (non-hydrogen) atoms. The number of amidine groups is 1. The number of hydrogen-bond donors (Lipinski definition) is 3. The van der Waals surface area contributed by atoms with Crippen LogP contribution in [-0.2, 0) is 30.7 Å². The third kappa shape index (κ3) is 5.92. The first kappa shape index (κ1) is 24.4. The van der Waals surface area contributed by atoms with Crippen molar-refractivity contribution in [1.82, 2.24) is 5.32 Å². The molecule has 1 aliphatic carbocycles. The first-order valence-corrected chi connectivity index (χ1v) is 12.5. The van der Waals surface area contributed by atoms with Gasteiger partial charge in [0.05, 0.1) is 13.5 Å². The molecule has 0 heterocycles. The molecule has 0 saturated carbocycles. The maximum Gasteiger partial charge on any atom is 0.224 e. The van der Waals surface area contributed by atoms with E-state index in [1.807, 2.05) is 60.7 Å². The number of carbonyl (C=O) groups is 1. The molecule has 6 heteroatoms. The molecule has 0 aromatic heterocycles. The summed E-state index contributed by atoms with van der Waals surface area (Å²) in [6.07, 6.45) is 3.00. The van der Waals surface area contributed by atoms with Crippen LogP contribution in [0.25, 0.3) is 10.8 Å². The average Bonchev–Trinajstić information content (AvgIpc) is 2.91. The van der Waals surface area contributed by atoms with E-state index >= 15 is 0 Å². The van der Waals surface area contributed by atoms with Crippen molar-refractivity contribution in [2.24, 2.45) is 5.73 Å². The van der Waals surface area contributed by atoms with Gasteiger partial charge in [-0.1, -0.05) is 42.5 Å². The predicted octanol–water partition coefficient (Wildman–Crippen LogP) is 4.93. The highest BCUT2D eigenvalue weighted by Gasteiger charge is 2.21. The molecular formula is C31H31N3O3. The average molecular weight is 494 g/mol. The van der Waals surface area contributed by atoms with Crippen molar-refractivity contribution in [2.45, 2.75) is 38.3 Å². The van der Waals surface area contributed by atoms with Crippen LogP contribution in [0.3, 0.4) is 0 Å². The summed E-state index contributed by atoms with van der Waals surface area (Å²) in [7, 11) is 1.63. The van der Waals surface area contributed by atoms with Crippen molar-refractivity contribution in [3.05, 3.63) is 107 Å². The van der Waals surface area contributed by atoms with Gasteiger partial charge in [0.15, 0.2) is 0 Å². The molecule has 0 radical (unpaired) electrons. The Bertz CT molecular complexity index is 1460. The second-order valence-corrected chi connectivity index (χ2v) is 9.56. The Morgan fingerprint density at radius 2 is 1.78 bits per heavy atom. The summed E-state index contributed by atoms with van der Waals surface area (Å²) in [5.74, 6) is 1.69. The molecular weight excluding hydrogens is 462 g/mol. The molecule has 5 rings (SSSR count). The fourth-order valence-corrected chi connectivity index (χ4v) is 4.91. The molecule has 0 spiro atoms. The molecule has 0 fully saturated rings. The molecule has 1 unspecified atom stereocenters. The predicted molar refractivity (Wildman–Crippen MR) is 146 cm³/mol. The smallest absolute Gasteiger partial charge is 0.224 e. The molecule has 0 saturated heterocycles. The highest BCUT2D eigenvalue weighted by molar-refractivity contribution is 5.99. The van der Waals surface area contributed by atoms with Gasteiger partial charge in [0.1, 0.15) is 23.9 Å². The Balaban J connectivity index is 1.19. The molecule has 6 nitrogen and oxygen atoms in total. The minimum absolute atomic E-state index is 0.0286. The van der Waals surface area contributed by atoms with E-state index in [1.54, 1.807) is 7.11 Å². The second-order valence-electron chi connectivity index (χ2n) is 9.56. The molecule has 0 bridgehead atoms. The summed E-state index contributed by atoms with van der Waals surface area (Å²) in [6, 6.07) is 26.0. The van der Waals surface area contributed by atoms with Gasteiger partial charge in [-0.25, -0.2) is 0 Å². The van der Waals surface area contributed by atoms with Gasteiger partial charge in [-0.3, -0.25) is 10.2 Å². The van der Waals surface area contributed by atoms with Crippen molar-refractivity contribution < 1.29 is 14.3 Å². The number of fused-ring (bicyclic) bond motifs is 2. The van der Waals surface area contributed by atoms with Crippen LogP contribution >= 0.6 is 0 Å². The number of amides is 1. The number of rotatable bonds is 8. The number of carbonyl (C=O) groups excluding carboxylic acids is 1. The molecule has 4 aromatic carbocycles. The Kier molecular flexibility index (Phi) is 7.08. The summed E-state index contributed by atoms with van der Waals surface area (Å²) in [5.41, 5.74) is 10.9. The normalized spacial score (nSPS) is 14.6. The van der Waals surface area contributed by atoms with Crippen molar-refractivity contribution in [2.75, 3.05) is 7.11 Å². The monoisotopic (exact) mass is 493 g/mol. The first-order valence-electron chi connectivity index (χ1n) is 12.5. The van der Waals surface area contributed by atoms with Gasteiger partial charge in [-0.05, 0) is 88.7 Å². The van der Waals surface area contributed by atoms with E-state index in [0.717, 1.165) is 58.2 Å². The molecule has 1 atom stereocenters. The highest BCUT2D eigenvalue weighted by Crippen LogP contribution is 2.27. The van der Waals surface area contributed by atoms with E-state index < -0.39 is 0 Å². The third-order valence-electron chi connectivity index (χ3n) is 6.89. The summed E-state index contributed by atoms with van der Waals surface area (Å²) >= 11 is 0. The number of ether oxygens (including phenoxy) is 2. The van der Waals surface area contributed by atoms with Gasteiger partial charge < -0.3 is 20.5 Å². The van der Waals surface area contributed by atoms with E-state index in [-0.39, 0.29) is 17.8 Å². The Hall–Kier alpha value is -4.32. The van der Waals surface area contributed by atoms with Gasteiger partial charge in [-0.15, -0.1) is 0 Å². The number of hydrogen-bond acceptors (Lipinski definition) is 4. The van der Waals surface area contributed by atoms with Crippen LogP contribution in [-0.4, -0.2) is 24.9 Å². The minimum Gasteiger partial charge on any atom is -0.497 e. The largest absolute Gasteiger partial charge is 0.497 e. The third-order valence-corrected chi connectivity index (χ3v) is 6.89. The number of benzene rings is 4. The number of methoxy groups -OCH3 is 1. The summed E-state index contributed by atoms with van der Waals surface area (Å²) in [5, 5.41) is 13.0. The van der Waals surface area contributed by atoms with Crippen molar-refractivity contribution in [3.63, 3.8) is 0 Å². The lowest BCUT2D eigenvalue weighted by molar-refractivity contribution is -0.121. The van der Waals surface area contributed by atoms with E-state index in [2.05, 4.69) is 23.5 Å². The zero-order valence-electron chi connectivity index (χ0n) is 20.9. The van der Waals surface area contributed by atoms with Crippen LogP contribution in [0.2, 0.25) is 0 Å². The molecule has 4 N–H and O–H groups in total. The van der Waals surface area contributed by atoms with Crippen molar-refractivity contribution >= 4 is 22.5 Å². The second kappa shape index (κ2) is 10.7. The van der Waals surface area contributed by atoms with Crippen molar-refractivity contribution in [1.29, 1.82) is 5.41 Å². The summed E-state index contributed by atoms with van der Waals surface area (Å²) in [4.78, 5) is 12.7. The lowest BCUT2D eigenvalue weighted by atomic mass is 9.88. The fourth-order valence-electron chi connectivity index (χ4n) is 4.91. The lowest BCUT2D eigenvalue weighted by Gasteiger charge is -2.26. The molecule has 188 valence electrons. The van der Waals surface area contributed by atoms with Gasteiger partial charge in [-0.2, -0.15) is 0 Å². The van der Waals surface area contributed by atoms with E-state index in [0.29, 0.717) is 13.0 Å². The summed E-state index contributed by atoms with van der Waals surface area (Å²) < 4.78 is 11.4. The topological polar surface area (TPSA) is 97.4 Å². The van der Waals surface area contributed by atoms with E-state index in [9.17, 15) is 4.79 Å². The van der Waals surface area contributed by atoms with Gasteiger partial charge >= 0.3 is 0 Å². The number of nitrogen functional groups attached to an aromatic ring is 1. The quantitative estimate of drug-likeness (QED) is 0.240. The SMILES string of the molecule is COc1cccc(CC(=O)NC2CCc3ccc(OCc4ccc5cc(C(=N)N)ccc5c4)cc3C2)c1. The molecule has 0 aliphatic heterocycles. The number of nitrogens with two attached hydrogens (primary N) is 1. The van der Waals surface area contributed by atoms with Crippen LogP contribution in [0.1, 0.15) is 34.2 Å². The van der Waals surface area contributed by atoms with E-state index in [4.69, 9.17) is 20.6 Å². The number of aryl methyl sites for hydroxylation is 1. The van der Waals surface area contributed by atoms with Gasteiger partial charge in [0.2, 0.25) is 5.91 Å². The van der Waals surface area contributed by atoms with Crippen LogP contribution in [0.15, 0.2) is 78.9 Å². The zero-order chi connectivity index (χ0) is 25.8. The van der Waals surface area contributed by atoms with E-state index in [1.165, 1.54) is 11.1 Å². The van der Waals surface area contributed by atoms with Crippen molar-refractivity contribution in [3.8, 4) is 11.5 Å². The van der Waals surface area contributed by atoms with Crippen LogP contribution in [0, 0.1) is 5.41 Å². The van der Waals surface area contributed by atoms with Gasteiger partial charge in [0, 0.05) is 11.6 Å². The zero-order valence-corrected chi connectivity index (χ0v) is 20.9. The first-order chi connectivity index (χ1) is 18.0.